The highest BCUT2D eigenvalue weighted by Gasteiger charge is 2.12. The summed E-state index contributed by atoms with van der Waals surface area (Å²) < 4.78 is 0. The van der Waals surface area contributed by atoms with Crippen molar-refractivity contribution in [3.8, 4) is 0 Å². The number of carbonyl (C=O) groups is 1. The number of benzene rings is 2. The number of H-pyrrole nitrogens is 1. The molecule has 3 rings (SSSR count). The van der Waals surface area contributed by atoms with Gasteiger partial charge in [-0.15, -0.1) is 12.1 Å². The molecule has 1 amide bonds. The van der Waals surface area contributed by atoms with Crippen molar-refractivity contribution in [2.75, 3.05) is 13.6 Å². The minimum absolute atomic E-state index is 0.0532. The highest BCUT2D eigenvalue weighted by atomic mass is 16.2. The van der Waals surface area contributed by atoms with Gasteiger partial charge in [0.15, 0.2) is 7.28 Å². The van der Waals surface area contributed by atoms with Gasteiger partial charge in [0.1, 0.15) is 0 Å². The van der Waals surface area contributed by atoms with Crippen LogP contribution in [-0.4, -0.2) is 36.7 Å². The molecule has 0 aliphatic rings. The molecule has 0 saturated carbocycles. The number of nitrogens with one attached hydrogen (secondary N) is 1. The number of hydrogen-bond donors (Lipinski definition) is 1. The van der Waals surface area contributed by atoms with Crippen molar-refractivity contribution in [3.63, 3.8) is 0 Å². The van der Waals surface area contributed by atoms with E-state index in [0.717, 1.165) is 23.0 Å². The standard InChI is InChI=1S/C21H22BN2O/c1-3-13-22-18-10-8-16(9-11-18)21(25)24(2)14-12-17-15-23-20-7-5-4-6-19(17)20/h3-11,13,15,23H,12,14H2,1-2H3/b13-3-. The number of nitrogens with zero attached hydrogens (tertiary/aromatic N) is 1. The van der Waals surface area contributed by atoms with Crippen molar-refractivity contribution >= 4 is 29.6 Å². The zero-order valence-electron chi connectivity index (χ0n) is 14.7. The Morgan fingerprint density at radius 1 is 1.16 bits per heavy atom. The molecule has 0 unspecified atom stereocenters. The number of rotatable bonds is 6. The second-order valence-electron chi connectivity index (χ2n) is 6.15. The van der Waals surface area contributed by atoms with Crippen molar-refractivity contribution in [2.45, 2.75) is 13.3 Å². The number of hydrogen-bond acceptors (Lipinski definition) is 1. The first-order chi connectivity index (χ1) is 12.2. The molecular weight excluding hydrogens is 307 g/mol. The molecule has 0 saturated heterocycles. The lowest BCUT2D eigenvalue weighted by atomic mass is 9.70. The van der Waals surface area contributed by atoms with Crippen molar-refractivity contribution in [3.05, 3.63) is 77.9 Å². The Bertz CT molecular complexity index is 880. The molecule has 2 aromatic carbocycles. The largest absolute Gasteiger partial charge is 0.361 e. The van der Waals surface area contributed by atoms with Crippen molar-refractivity contribution in [1.82, 2.24) is 9.88 Å². The highest BCUT2D eigenvalue weighted by molar-refractivity contribution is 6.58. The van der Waals surface area contributed by atoms with E-state index in [4.69, 9.17) is 0 Å². The topological polar surface area (TPSA) is 36.1 Å². The average molecular weight is 329 g/mol. The van der Waals surface area contributed by atoms with Crippen LogP contribution >= 0.6 is 0 Å². The first kappa shape index (κ1) is 17.1. The second-order valence-corrected chi connectivity index (χ2v) is 6.15. The summed E-state index contributed by atoms with van der Waals surface area (Å²) in [5.41, 5.74) is 4.20. The lowest BCUT2D eigenvalue weighted by Crippen LogP contribution is -2.29. The summed E-state index contributed by atoms with van der Waals surface area (Å²) >= 11 is 0. The lowest BCUT2D eigenvalue weighted by Gasteiger charge is -2.17. The molecule has 0 aliphatic carbocycles. The first-order valence-electron chi connectivity index (χ1n) is 8.55. The van der Waals surface area contributed by atoms with Crippen molar-refractivity contribution in [1.29, 1.82) is 0 Å². The number of aromatic nitrogens is 1. The predicted molar refractivity (Wildman–Crippen MR) is 106 cm³/mol. The third-order valence-corrected chi connectivity index (χ3v) is 4.38. The number of amides is 1. The molecule has 0 atom stereocenters. The molecule has 3 aromatic rings. The van der Waals surface area contributed by atoms with Gasteiger partial charge in [-0.3, -0.25) is 4.79 Å². The van der Waals surface area contributed by atoms with E-state index in [0.29, 0.717) is 6.54 Å². The van der Waals surface area contributed by atoms with Crippen molar-refractivity contribution in [2.24, 2.45) is 0 Å². The normalized spacial score (nSPS) is 11.1. The van der Waals surface area contributed by atoms with Gasteiger partial charge < -0.3 is 9.88 Å². The Morgan fingerprint density at radius 3 is 2.68 bits per heavy atom. The van der Waals surface area contributed by atoms with Crippen LogP contribution in [0, 0.1) is 0 Å². The van der Waals surface area contributed by atoms with Gasteiger partial charge in [-0.1, -0.05) is 47.9 Å². The Balaban J connectivity index is 1.62. The van der Waals surface area contributed by atoms with Crippen LogP contribution in [0.2, 0.25) is 0 Å². The summed E-state index contributed by atoms with van der Waals surface area (Å²) in [6.45, 7) is 2.67. The van der Waals surface area contributed by atoms with Gasteiger partial charge in [-0.2, -0.15) is 0 Å². The summed E-state index contributed by atoms with van der Waals surface area (Å²) in [6.07, 6.45) is 4.85. The SMILES string of the molecule is C/C=C\[B]c1ccc(C(=O)N(C)CCc2c[nH]c3ccccc23)cc1. The van der Waals surface area contributed by atoms with Gasteiger partial charge in [0.25, 0.3) is 5.91 Å². The van der Waals surface area contributed by atoms with E-state index in [1.807, 2.05) is 75.9 Å². The smallest absolute Gasteiger partial charge is 0.253 e. The minimum atomic E-state index is 0.0532. The zero-order chi connectivity index (χ0) is 17.6. The maximum absolute atomic E-state index is 12.6. The number of likely N-dealkylation sites (N-methyl/N-ethyl adjacent to an activating group) is 1. The highest BCUT2D eigenvalue weighted by Crippen LogP contribution is 2.18. The van der Waals surface area contributed by atoms with Gasteiger partial charge in [0.05, 0.1) is 0 Å². The maximum atomic E-state index is 12.6. The fourth-order valence-electron chi connectivity index (χ4n) is 2.89. The van der Waals surface area contributed by atoms with Gasteiger partial charge in [-0.25, -0.2) is 0 Å². The zero-order valence-corrected chi connectivity index (χ0v) is 14.7. The monoisotopic (exact) mass is 329 g/mol. The summed E-state index contributed by atoms with van der Waals surface area (Å²) in [7, 11) is 3.88. The molecule has 4 heteroatoms. The molecule has 125 valence electrons. The lowest BCUT2D eigenvalue weighted by molar-refractivity contribution is 0.0797. The first-order valence-corrected chi connectivity index (χ1v) is 8.55. The average Bonchev–Trinajstić information content (AvgIpc) is 3.07. The molecule has 25 heavy (non-hydrogen) atoms. The third kappa shape index (κ3) is 4.02. The quantitative estimate of drug-likeness (QED) is 0.692. The van der Waals surface area contributed by atoms with E-state index >= 15 is 0 Å². The molecule has 1 N–H and O–H groups in total. The Hall–Kier alpha value is -2.75. The van der Waals surface area contributed by atoms with Crippen LogP contribution in [-0.2, 0) is 6.42 Å². The van der Waals surface area contributed by atoms with Gasteiger partial charge in [-0.05, 0) is 25.0 Å². The third-order valence-electron chi connectivity index (χ3n) is 4.38. The van der Waals surface area contributed by atoms with E-state index in [9.17, 15) is 4.79 Å². The molecular formula is C21H22BN2O. The van der Waals surface area contributed by atoms with Crippen LogP contribution in [0.1, 0.15) is 22.8 Å². The molecule has 1 aromatic heterocycles. The predicted octanol–water partition coefficient (Wildman–Crippen LogP) is 3.35. The van der Waals surface area contributed by atoms with E-state index in [1.165, 1.54) is 10.9 Å². The van der Waals surface area contributed by atoms with E-state index in [-0.39, 0.29) is 5.91 Å². The Morgan fingerprint density at radius 2 is 1.92 bits per heavy atom. The van der Waals surface area contributed by atoms with E-state index in [2.05, 4.69) is 17.1 Å². The van der Waals surface area contributed by atoms with Gasteiger partial charge in [0, 0.05) is 36.3 Å². The molecule has 3 nitrogen and oxygen atoms in total. The number of carbonyl (C=O) groups excluding carboxylic acids is 1. The summed E-state index contributed by atoms with van der Waals surface area (Å²) in [4.78, 5) is 17.7. The van der Waals surface area contributed by atoms with Crippen LogP contribution in [0.15, 0.2) is 66.8 Å². The molecule has 1 radical (unpaired) electrons. The Kier molecular flexibility index (Phi) is 5.39. The van der Waals surface area contributed by atoms with Crippen LogP contribution in [0.5, 0.6) is 0 Å². The molecule has 0 bridgehead atoms. The summed E-state index contributed by atoms with van der Waals surface area (Å²) in [5.74, 6) is 2.04. The van der Waals surface area contributed by atoms with E-state index < -0.39 is 0 Å². The maximum Gasteiger partial charge on any atom is 0.253 e. The van der Waals surface area contributed by atoms with E-state index in [1.54, 1.807) is 4.90 Å². The Labute approximate surface area is 149 Å². The number of fused-ring (bicyclic) bond motifs is 1. The van der Waals surface area contributed by atoms with Gasteiger partial charge in [0.2, 0.25) is 0 Å². The second kappa shape index (κ2) is 7.89. The molecule has 0 aliphatic heterocycles. The summed E-state index contributed by atoms with van der Waals surface area (Å²) in [6, 6.07) is 16.0. The van der Waals surface area contributed by atoms with Crippen LogP contribution < -0.4 is 5.46 Å². The summed E-state index contributed by atoms with van der Waals surface area (Å²) in [5, 5.41) is 1.23. The van der Waals surface area contributed by atoms with Crippen molar-refractivity contribution < 1.29 is 4.79 Å². The van der Waals surface area contributed by atoms with Gasteiger partial charge >= 0.3 is 0 Å². The fourth-order valence-corrected chi connectivity index (χ4v) is 2.89. The van der Waals surface area contributed by atoms with Crippen LogP contribution in [0.25, 0.3) is 10.9 Å². The fraction of sp³-hybridized carbons (Fsp3) is 0.190. The minimum Gasteiger partial charge on any atom is -0.361 e. The number of allylic oxidation sites excluding steroid dienone is 1. The molecule has 1 heterocycles. The number of aromatic amines is 1. The molecule has 0 spiro atoms. The number of para-hydroxylation sites is 1. The molecule has 0 fully saturated rings. The van der Waals surface area contributed by atoms with Crippen LogP contribution in [0.4, 0.5) is 0 Å². The van der Waals surface area contributed by atoms with Crippen LogP contribution in [0.3, 0.4) is 0 Å².